The average Bonchev–Trinajstić information content (AvgIpc) is 3.01. The Morgan fingerprint density at radius 1 is 0.739 bits per heavy atom. The van der Waals surface area contributed by atoms with Crippen molar-refractivity contribution < 1.29 is 4.74 Å². The van der Waals surface area contributed by atoms with Crippen LogP contribution in [0.15, 0.2) is 79.0 Å². The molecule has 23 heavy (non-hydrogen) atoms. The SMILES string of the molecule is c1ccc(-n2ccc3cc4c(cc32)Cc2ccccc2O4)cc1. The first kappa shape index (κ1) is 12.5. The third-order valence-electron chi connectivity index (χ3n) is 4.48. The van der Waals surface area contributed by atoms with Gasteiger partial charge in [-0.1, -0.05) is 36.4 Å². The van der Waals surface area contributed by atoms with Gasteiger partial charge in [0.1, 0.15) is 11.5 Å². The molecule has 0 radical (unpaired) electrons. The van der Waals surface area contributed by atoms with Crippen molar-refractivity contribution in [2.24, 2.45) is 0 Å². The molecule has 2 heteroatoms. The number of ether oxygens (including phenoxy) is 1. The number of para-hydroxylation sites is 2. The average molecular weight is 297 g/mol. The zero-order chi connectivity index (χ0) is 15.2. The van der Waals surface area contributed by atoms with E-state index in [1.807, 2.05) is 18.2 Å². The van der Waals surface area contributed by atoms with E-state index >= 15 is 0 Å². The minimum atomic E-state index is 0.918. The van der Waals surface area contributed by atoms with Crippen LogP contribution in [0.5, 0.6) is 11.5 Å². The van der Waals surface area contributed by atoms with Crippen LogP contribution in [0.4, 0.5) is 0 Å². The number of benzene rings is 3. The predicted octanol–water partition coefficient (Wildman–Crippen LogP) is 5.33. The van der Waals surface area contributed by atoms with Crippen LogP contribution in [0.2, 0.25) is 0 Å². The summed E-state index contributed by atoms with van der Waals surface area (Å²) in [6.45, 7) is 0. The monoisotopic (exact) mass is 297 g/mol. The van der Waals surface area contributed by atoms with Gasteiger partial charge in [-0.2, -0.15) is 0 Å². The maximum atomic E-state index is 6.09. The number of rotatable bonds is 1. The minimum absolute atomic E-state index is 0.918. The molecule has 2 heterocycles. The van der Waals surface area contributed by atoms with E-state index in [0.29, 0.717) is 0 Å². The lowest BCUT2D eigenvalue weighted by atomic mass is 9.99. The van der Waals surface area contributed by atoms with Gasteiger partial charge in [0.25, 0.3) is 0 Å². The summed E-state index contributed by atoms with van der Waals surface area (Å²) in [6, 6.07) is 25.3. The molecule has 1 aliphatic heterocycles. The maximum Gasteiger partial charge on any atom is 0.131 e. The fraction of sp³-hybridized carbons (Fsp3) is 0.0476. The fourth-order valence-electron chi connectivity index (χ4n) is 3.32. The second-order valence-electron chi connectivity index (χ2n) is 5.93. The van der Waals surface area contributed by atoms with Gasteiger partial charge in [-0.25, -0.2) is 0 Å². The topological polar surface area (TPSA) is 14.2 Å². The van der Waals surface area contributed by atoms with E-state index in [1.54, 1.807) is 0 Å². The third-order valence-corrected chi connectivity index (χ3v) is 4.48. The van der Waals surface area contributed by atoms with E-state index in [9.17, 15) is 0 Å². The minimum Gasteiger partial charge on any atom is -0.457 e. The van der Waals surface area contributed by atoms with Crippen molar-refractivity contribution in [1.29, 1.82) is 0 Å². The third kappa shape index (κ3) is 1.95. The number of aromatic nitrogens is 1. The molecular formula is C21H15NO. The molecule has 110 valence electrons. The Morgan fingerprint density at radius 2 is 1.57 bits per heavy atom. The van der Waals surface area contributed by atoms with Crippen LogP contribution in [0.1, 0.15) is 11.1 Å². The van der Waals surface area contributed by atoms with Gasteiger partial charge in [-0.15, -0.1) is 0 Å². The molecule has 0 amide bonds. The molecule has 2 nitrogen and oxygen atoms in total. The van der Waals surface area contributed by atoms with Gasteiger partial charge in [-0.05, 0) is 42.0 Å². The summed E-state index contributed by atoms with van der Waals surface area (Å²) in [5.41, 5.74) is 4.89. The molecule has 3 aromatic carbocycles. The van der Waals surface area contributed by atoms with E-state index in [4.69, 9.17) is 4.74 Å². The summed E-state index contributed by atoms with van der Waals surface area (Å²) >= 11 is 0. The quantitative estimate of drug-likeness (QED) is 0.408. The Labute approximate surface area is 134 Å². The smallest absolute Gasteiger partial charge is 0.131 e. The molecule has 0 aliphatic carbocycles. The lowest BCUT2D eigenvalue weighted by Crippen LogP contribution is -2.03. The molecule has 0 bridgehead atoms. The molecular weight excluding hydrogens is 282 g/mol. The highest BCUT2D eigenvalue weighted by Crippen LogP contribution is 2.39. The molecule has 0 N–H and O–H groups in total. The molecule has 0 spiro atoms. The number of hydrogen-bond donors (Lipinski definition) is 0. The number of nitrogens with zero attached hydrogens (tertiary/aromatic N) is 1. The van der Waals surface area contributed by atoms with Crippen LogP contribution in [0.25, 0.3) is 16.6 Å². The molecule has 0 unspecified atom stereocenters. The van der Waals surface area contributed by atoms with Crippen molar-refractivity contribution in [2.75, 3.05) is 0 Å². The normalized spacial score (nSPS) is 12.5. The van der Waals surface area contributed by atoms with Crippen molar-refractivity contribution in [3.63, 3.8) is 0 Å². The van der Waals surface area contributed by atoms with Gasteiger partial charge in [-0.3, -0.25) is 0 Å². The summed E-state index contributed by atoms with van der Waals surface area (Å²) in [7, 11) is 0. The summed E-state index contributed by atoms with van der Waals surface area (Å²) in [5.74, 6) is 1.95. The van der Waals surface area contributed by atoms with Crippen LogP contribution in [-0.2, 0) is 6.42 Å². The first-order valence-corrected chi connectivity index (χ1v) is 7.84. The summed E-state index contributed by atoms with van der Waals surface area (Å²) < 4.78 is 8.32. The molecule has 5 rings (SSSR count). The first-order valence-electron chi connectivity index (χ1n) is 7.84. The first-order chi connectivity index (χ1) is 11.4. The van der Waals surface area contributed by atoms with Gasteiger partial charge in [0.05, 0.1) is 5.52 Å². The molecule has 0 atom stereocenters. The lowest BCUT2D eigenvalue weighted by Gasteiger charge is -2.20. The largest absolute Gasteiger partial charge is 0.457 e. The van der Waals surface area contributed by atoms with Crippen LogP contribution in [-0.4, -0.2) is 4.57 Å². The number of hydrogen-bond acceptors (Lipinski definition) is 1. The van der Waals surface area contributed by atoms with Crippen molar-refractivity contribution in [3.05, 3.63) is 90.1 Å². The van der Waals surface area contributed by atoms with Gasteiger partial charge >= 0.3 is 0 Å². The van der Waals surface area contributed by atoms with Gasteiger partial charge in [0.2, 0.25) is 0 Å². The summed E-state index contributed by atoms with van der Waals surface area (Å²) in [6.07, 6.45) is 3.04. The Balaban J connectivity index is 1.68. The molecule has 0 saturated heterocycles. The summed E-state index contributed by atoms with van der Waals surface area (Å²) in [5, 5.41) is 1.20. The van der Waals surface area contributed by atoms with Crippen LogP contribution >= 0.6 is 0 Å². The highest BCUT2D eigenvalue weighted by molar-refractivity contribution is 5.85. The van der Waals surface area contributed by atoms with E-state index in [0.717, 1.165) is 17.9 Å². The van der Waals surface area contributed by atoms with Gasteiger partial charge < -0.3 is 9.30 Å². The molecule has 1 aromatic heterocycles. The Morgan fingerprint density at radius 3 is 2.48 bits per heavy atom. The van der Waals surface area contributed by atoms with E-state index in [2.05, 4.69) is 65.4 Å². The van der Waals surface area contributed by atoms with E-state index in [-0.39, 0.29) is 0 Å². The van der Waals surface area contributed by atoms with Crippen molar-refractivity contribution in [1.82, 2.24) is 4.57 Å². The van der Waals surface area contributed by atoms with E-state index < -0.39 is 0 Å². The van der Waals surface area contributed by atoms with Crippen LogP contribution < -0.4 is 4.74 Å². The molecule has 4 aromatic rings. The molecule has 0 saturated carbocycles. The fourth-order valence-corrected chi connectivity index (χ4v) is 3.32. The Bertz CT molecular complexity index is 1010. The maximum absolute atomic E-state index is 6.09. The highest BCUT2D eigenvalue weighted by atomic mass is 16.5. The van der Waals surface area contributed by atoms with E-state index in [1.165, 1.54) is 27.7 Å². The van der Waals surface area contributed by atoms with Crippen molar-refractivity contribution >= 4 is 10.9 Å². The van der Waals surface area contributed by atoms with Crippen LogP contribution in [0.3, 0.4) is 0 Å². The second kappa shape index (κ2) is 4.75. The van der Waals surface area contributed by atoms with Gasteiger partial charge in [0, 0.05) is 29.3 Å². The highest BCUT2D eigenvalue weighted by Gasteiger charge is 2.18. The predicted molar refractivity (Wildman–Crippen MR) is 92.6 cm³/mol. The zero-order valence-electron chi connectivity index (χ0n) is 12.6. The van der Waals surface area contributed by atoms with Crippen LogP contribution in [0, 0.1) is 0 Å². The Kier molecular flexibility index (Phi) is 2.59. The summed E-state index contributed by atoms with van der Waals surface area (Å²) in [4.78, 5) is 0. The van der Waals surface area contributed by atoms with Crippen molar-refractivity contribution in [3.8, 4) is 17.2 Å². The Hall–Kier alpha value is -3.00. The molecule has 1 aliphatic rings. The number of fused-ring (bicyclic) bond motifs is 3. The van der Waals surface area contributed by atoms with Gasteiger partial charge in [0.15, 0.2) is 0 Å². The standard InChI is InChI=1S/C21H15NO/c1-2-7-18(8-3-1)22-11-10-15-14-21-17(13-19(15)22)12-16-6-4-5-9-20(16)23-21/h1-11,13-14H,12H2. The lowest BCUT2D eigenvalue weighted by molar-refractivity contribution is 0.461. The molecule has 0 fully saturated rings. The second-order valence-corrected chi connectivity index (χ2v) is 5.93. The van der Waals surface area contributed by atoms with Crippen molar-refractivity contribution in [2.45, 2.75) is 6.42 Å². The zero-order valence-corrected chi connectivity index (χ0v) is 12.6.